The third kappa shape index (κ3) is 2.16. The first kappa shape index (κ1) is 13.8. The van der Waals surface area contributed by atoms with Gasteiger partial charge in [0.1, 0.15) is 0 Å². The number of nitrogens with zero attached hydrogens (tertiary/aromatic N) is 2. The van der Waals surface area contributed by atoms with Gasteiger partial charge >= 0.3 is 5.97 Å². The number of para-hydroxylation sites is 1. The van der Waals surface area contributed by atoms with Gasteiger partial charge in [0.2, 0.25) is 0 Å². The third-order valence-electron chi connectivity index (χ3n) is 4.53. The molecule has 0 fully saturated rings. The number of rotatable bonds is 2. The van der Waals surface area contributed by atoms with Crippen LogP contribution in [0.1, 0.15) is 22.3 Å². The summed E-state index contributed by atoms with van der Waals surface area (Å²) < 4.78 is 0. The highest BCUT2D eigenvalue weighted by Crippen LogP contribution is 2.33. The molecule has 1 aliphatic rings. The van der Waals surface area contributed by atoms with Crippen molar-refractivity contribution in [1.82, 2.24) is 10.2 Å². The molecule has 0 saturated carbocycles. The quantitative estimate of drug-likeness (QED) is 0.762. The van der Waals surface area contributed by atoms with Gasteiger partial charge in [-0.1, -0.05) is 18.2 Å². The van der Waals surface area contributed by atoms with Crippen molar-refractivity contribution in [3.8, 4) is 11.3 Å². The number of aromatic amines is 1. The van der Waals surface area contributed by atoms with Crippen molar-refractivity contribution in [2.45, 2.75) is 12.8 Å². The monoisotopic (exact) mass is 307 g/mol. The lowest BCUT2D eigenvalue weighted by Crippen LogP contribution is -2.24. The van der Waals surface area contributed by atoms with Crippen LogP contribution in [0.15, 0.2) is 36.4 Å². The Kier molecular flexibility index (Phi) is 3.08. The lowest BCUT2D eigenvalue weighted by molar-refractivity contribution is 0.0699. The van der Waals surface area contributed by atoms with Crippen molar-refractivity contribution in [3.63, 3.8) is 0 Å². The summed E-state index contributed by atoms with van der Waals surface area (Å²) in [5.74, 6) is -0.946. The van der Waals surface area contributed by atoms with Crippen molar-refractivity contribution in [3.05, 3.63) is 47.5 Å². The molecule has 2 N–H and O–H groups in total. The van der Waals surface area contributed by atoms with E-state index in [0.717, 1.165) is 36.0 Å². The van der Waals surface area contributed by atoms with Crippen LogP contribution in [0.2, 0.25) is 0 Å². The summed E-state index contributed by atoms with van der Waals surface area (Å²) in [5.41, 5.74) is 5.24. The van der Waals surface area contributed by atoms with E-state index in [-0.39, 0.29) is 5.56 Å². The van der Waals surface area contributed by atoms with Crippen molar-refractivity contribution in [2.75, 3.05) is 18.5 Å². The van der Waals surface area contributed by atoms with Gasteiger partial charge in [-0.25, -0.2) is 4.79 Å². The van der Waals surface area contributed by atoms with Gasteiger partial charge < -0.3 is 10.0 Å². The highest BCUT2D eigenvalue weighted by Gasteiger charge is 2.18. The molecule has 0 atom stereocenters. The molecule has 3 aromatic rings. The average Bonchev–Trinajstić information content (AvgIpc) is 2.98. The number of benzene rings is 2. The van der Waals surface area contributed by atoms with E-state index in [0.29, 0.717) is 5.52 Å². The zero-order valence-corrected chi connectivity index (χ0v) is 12.8. The standard InChI is InChI=1S/C18H17N3O2/c1-21-9-3-4-11-10-12(7-8-15(11)21)16-13-5-2-6-14(18(22)23)17(13)20-19-16/h2,5-8,10H,3-4,9H2,1H3,(H,19,20)(H,22,23). The first-order valence-corrected chi connectivity index (χ1v) is 7.70. The van der Waals surface area contributed by atoms with Crippen LogP contribution in [-0.4, -0.2) is 34.9 Å². The highest BCUT2D eigenvalue weighted by atomic mass is 16.4. The van der Waals surface area contributed by atoms with Crippen molar-refractivity contribution >= 4 is 22.6 Å². The van der Waals surface area contributed by atoms with Crippen LogP contribution in [0.4, 0.5) is 5.69 Å². The topological polar surface area (TPSA) is 69.2 Å². The van der Waals surface area contributed by atoms with Gasteiger partial charge in [-0.2, -0.15) is 5.10 Å². The van der Waals surface area contributed by atoms with Crippen LogP contribution < -0.4 is 4.90 Å². The molecule has 2 heterocycles. The highest BCUT2D eigenvalue weighted by molar-refractivity contribution is 6.05. The summed E-state index contributed by atoms with van der Waals surface area (Å²) >= 11 is 0. The van der Waals surface area contributed by atoms with Gasteiger partial charge in [-0.3, -0.25) is 5.10 Å². The van der Waals surface area contributed by atoms with E-state index in [9.17, 15) is 9.90 Å². The Morgan fingerprint density at radius 2 is 2.17 bits per heavy atom. The van der Waals surface area contributed by atoms with Gasteiger partial charge in [0.05, 0.1) is 16.8 Å². The van der Waals surface area contributed by atoms with E-state index in [1.807, 2.05) is 6.07 Å². The number of hydrogen-bond donors (Lipinski definition) is 2. The molecule has 116 valence electrons. The number of carbonyl (C=O) groups is 1. The number of fused-ring (bicyclic) bond motifs is 2. The molecular formula is C18H17N3O2. The largest absolute Gasteiger partial charge is 0.478 e. The Bertz CT molecular complexity index is 914. The van der Waals surface area contributed by atoms with Crippen LogP contribution in [0, 0.1) is 0 Å². The molecule has 0 bridgehead atoms. The van der Waals surface area contributed by atoms with Crippen LogP contribution in [0.3, 0.4) is 0 Å². The number of aryl methyl sites for hydroxylation is 1. The van der Waals surface area contributed by atoms with Crippen LogP contribution in [-0.2, 0) is 6.42 Å². The summed E-state index contributed by atoms with van der Waals surface area (Å²) in [6.45, 7) is 1.08. The second kappa shape index (κ2) is 5.12. The molecule has 0 amide bonds. The van der Waals surface area contributed by atoms with Gasteiger partial charge in [-0.15, -0.1) is 0 Å². The van der Waals surface area contributed by atoms with Crippen LogP contribution >= 0.6 is 0 Å². The number of hydrogen-bond acceptors (Lipinski definition) is 3. The van der Waals surface area contributed by atoms with Crippen LogP contribution in [0.25, 0.3) is 22.2 Å². The number of aromatic carboxylic acids is 1. The minimum absolute atomic E-state index is 0.249. The second-order valence-corrected chi connectivity index (χ2v) is 5.97. The zero-order valence-electron chi connectivity index (χ0n) is 12.8. The van der Waals surface area contributed by atoms with Crippen molar-refractivity contribution in [1.29, 1.82) is 0 Å². The maximum absolute atomic E-state index is 11.3. The maximum Gasteiger partial charge on any atom is 0.337 e. The number of carboxylic acid groups (broad SMARTS) is 1. The van der Waals surface area contributed by atoms with E-state index >= 15 is 0 Å². The summed E-state index contributed by atoms with van der Waals surface area (Å²) in [6, 6.07) is 11.6. The number of H-pyrrole nitrogens is 1. The minimum Gasteiger partial charge on any atom is -0.478 e. The second-order valence-electron chi connectivity index (χ2n) is 5.97. The average molecular weight is 307 g/mol. The first-order chi connectivity index (χ1) is 11.1. The normalized spacial score (nSPS) is 14.0. The molecule has 0 spiro atoms. The predicted molar refractivity (Wildman–Crippen MR) is 90.1 cm³/mol. The van der Waals surface area contributed by atoms with E-state index in [1.54, 1.807) is 12.1 Å². The molecule has 0 aliphatic carbocycles. The van der Waals surface area contributed by atoms with E-state index in [4.69, 9.17) is 0 Å². The lowest BCUT2D eigenvalue weighted by Gasteiger charge is -2.27. The molecule has 4 rings (SSSR count). The maximum atomic E-state index is 11.3. The van der Waals surface area contributed by atoms with Gasteiger partial charge in [0.15, 0.2) is 0 Å². The number of anilines is 1. The SMILES string of the molecule is CN1CCCc2cc(-c3n[nH]c4c(C(=O)O)cccc34)ccc21. The fraction of sp³-hybridized carbons (Fsp3) is 0.222. The third-order valence-corrected chi connectivity index (χ3v) is 4.53. The number of carboxylic acids is 1. The minimum atomic E-state index is -0.946. The molecule has 1 aliphatic heterocycles. The fourth-order valence-electron chi connectivity index (χ4n) is 3.37. The summed E-state index contributed by atoms with van der Waals surface area (Å²) in [7, 11) is 2.11. The smallest absolute Gasteiger partial charge is 0.337 e. The zero-order chi connectivity index (χ0) is 16.0. The Balaban J connectivity index is 1.87. The number of nitrogens with one attached hydrogen (secondary N) is 1. The van der Waals surface area contributed by atoms with Gasteiger partial charge in [0.25, 0.3) is 0 Å². The molecule has 5 nitrogen and oxygen atoms in total. The Morgan fingerprint density at radius 1 is 1.30 bits per heavy atom. The Labute approximate surface area is 133 Å². The molecule has 1 aromatic heterocycles. The van der Waals surface area contributed by atoms with E-state index < -0.39 is 5.97 Å². The summed E-state index contributed by atoms with van der Waals surface area (Å²) in [4.78, 5) is 13.6. The summed E-state index contributed by atoms with van der Waals surface area (Å²) in [5, 5.41) is 17.4. The fourth-order valence-corrected chi connectivity index (χ4v) is 3.37. The molecule has 23 heavy (non-hydrogen) atoms. The molecule has 0 unspecified atom stereocenters. The molecule has 5 heteroatoms. The first-order valence-electron chi connectivity index (χ1n) is 7.70. The van der Waals surface area contributed by atoms with E-state index in [1.165, 1.54) is 11.3 Å². The Morgan fingerprint density at radius 3 is 3.00 bits per heavy atom. The van der Waals surface area contributed by atoms with Crippen LogP contribution in [0.5, 0.6) is 0 Å². The van der Waals surface area contributed by atoms with Gasteiger partial charge in [-0.05, 0) is 36.6 Å². The van der Waals surface area contributed by atoms with Crippen molar-refractivity contribution < 1.29 is 9.90 Å². The van der Waals surface area contributed by atoms with Gasteiger partial charge in [0, 0.05) is 30.2 Å². The lowest BCUT2D eigenvalue weighted by atomic mass is 9.97. The Hall–Kier alpha value is -2.82. The molecule has 2 aromatic carbocycles. The molecule has 0 saturated heterocycles. The number of aromatic nitrogens is 2. The van der Waals surface area contributed by atoms with Crippen molar-refractivity contribution in [2.24, 2.45) is 0 Å². The summed E-state index contributed by atoms with van der Waals surface area (Å²) in [6.07, 6.45) is 2.22. The predicted octanol–water partition coefficient (Wildman–Crippen LogP) is 3.31. The van der Waals surface area contributed by atoms with E-state index in [2.05, 4.69) is 40.3 Å². The molecular weight excluding hydrogens is 290 g/mol. The molecule has 0 radical (unpaired) electrons.